The van der Waals surface area contributed by atoms with Gasteiger partial charge in [-0.3, -0.25) is 9.59 Å². The zero-order valence-corrected chi connectivity index (χ0v) is 14.8. The summed E-state index contributed by atoms with van der Waals surface area (Å²) in [5, 5.41) is 16.6. The molecular weight excluding hydrogens is 358 g/mol. The highest BCUT2D eigenvalue weighted by Gasteiger charge is 2.07. The number of aromatic hydroxyl groups is 1. The molecule has 2 aromatic rings. The van der Waals surface area contributed by atoms with Crippen LogP contribution in [-0.2, 0) is 9.59 Å². The minimum atomic E-state index is -0.426. The molecule has 0 fully saturated rings. The maximum absolute atomic E-state index is 11.8. The monoisotopic (exact) mass is 375 g/mol. The van der Waals surface area contributed by atoms with Gasteiger partial charge in [-0.25, -0.2) is 5.43 Å². The van der Waals surface area contributed by atoms with Crippen molar-refractivity contribution in [1.29, 1.82) is 0 Å². The van der Waals surface area contributed by atoms with Crippen LogP contribution >= 0.6 is 11.6 Å². The highest BCUT2D eigenvalue weighted by Crippen LogP contribution is 2.21. The van der Waals surface area contributed by atoms with E-state index in [9.17, 15) is 14.7 Å². The molecule has 0 aliphatic carbocycles. The average molecular weight is 376 g/mol. The van der Waals surface area contributed by atoms with Gasteiger partial charge in [0.2, 0.25) is 11.8 Å². The Balaban J connectivity index is 1.79. The number of hydrazone groups is 1. The van der Waals surface area contributed by atoms with Gasteiger partial charge in [-0.1, -0.05) is 17.7 Å². The van der Waals surface area contributed by atoms with Crippen molar-refractivity contribution in [2.24, 2.45) is 5.10 Å². The number of nitrogens with zero attached hydrogens (tertiary/aromatic N) is 1. The van der Waals surface area contributed by atoms with Crippen molar-refractivity contribution in [2.45, 2.75) is 12.8 Å². The zero-order chi connectivity index (χ0) is 18.9. The SMILES string of the molecule is COc1ccc(O)c(/C=N\NC(=O)CCC(=O)Nc2cccc(Cl)c2)c1. The van der Waals surface area contributed by atoms with Crippen LogP contribution in [0.15, 0.2) is 47.6 Å². The number of carbonyl (C=O) groups excluding carboxylic acids is 2. The van der Waals surface area contributed by atoms with Gasteiger partial charge in [-0.05, 0) is 36.4 Å². The van der Waals surface area contributed by atoms with Gasteiger partial charge < -0.3 is 15.2 Å². The zero-order valence-electron chi connectivity index (χ0n) is 14.0. The highest BCUT2D eigenvalue weighted by atomic mass is 35.5. The largest absolute Gasteiger partial charge is 0.507 e. The molecular formula is C18H18ClN3O4. The Morgan fingerprint density at radius 2 is 1.96 bits per heavy atom. The third-order valence-corrected chi connectivity index (χ3v) is 3.55. The second-order valence-corrected chi connectivity index (χ2v) is 5.71. The summed E-state index contributed by atoms with van der Waals surface area (Å²) in [4.78, 5) is 23.6. The summed E-state index contributed by atoms with van der Waals surface area (Å²) in [6.07, 6.45) is 1.26. The van der Waals surface area contributed by atoms with Crippen molar-refractivity contribution in [3.8, 4) is 11.5 Å². The summed E-state index contributed by atoms with van der Waals surface area (Å²) in [6, 6.07) is 11.4. The predicted octanol–water partition coefficient (Wildman–Crippen LogP) is 2.92. The quantitative estimate of drug-likeness (QED) is 0.511. The lowest BCUT2D eigenvalue weighted by molar-refractivity contribution is -0.124. The molecule has 2 amide bonds. The fraction of sp³-hybridized carbons (Fsp3) is 0.167. The number of methoxy groups -OCH3 is 1. The number of amides is 2. The van der Waals surface area contributed by atoms with Gasteiger partial charge >= 0.3 is 0 Å². The number of hydrogen-bond acceptors (Lipinski definition) is 5. The Morgan fingerprint density at radius 1 is 1.19 bits per heavy atom. The van der Waals surface area contributed by atoms with Crippen molar-refractivity contribution in [3.05, 3.63) is 53.1 Å². The normalized spacial score (nSPS) is 10.5. The Kier molecular flexibility index (Phi) is 6.99. The van der Waals surface area contributed by atoms with E-state index < -0.39 is 5.91 Å². The van der Waals surface area contributed by atoms with Gasteiger partial charge in [0.25, 0.3) is 0 Å². The van der Waals surface area contributed by atoms with E-state index in [0.29, 0.717) is 22.0 Å². The van der Waals surface area contributed by atoms with E-state index in [4.69, 9.17) is 16.3 Å². The van der Waals surface area contributed by atoms with Crippen LogP contribution in [0.25, 0.3) is 0 Å². The summed E-state index contributed by atoms with van der Waals surface area (Å²) in [7, 11) is 1.50. The van der Waals surface area contributed by atoms with Crippen molar-refractivity contribution < 1.29 is 19.4 Å². The second-order valence-electron chi connectivity index (χ2n) is 5.28. The number of benzene rings is 2. The first-order chi connectivity index (χ1) is 12.5. The second kappa shape index (κ2) is 9.43. The van der Waals surface area contributed by atoms with E-state index in [2.05, 4.69) is 15.8 Å². The number of anilines is 1. The lowest BCUT2D eigenvalue weighted by Gasteiger charge is -2.05. The molecule has 0 saturated carbocycles. The third-order valence-electron chi connectivity index (χ3n) is 3.32. The topological polar surface area (TPSA) is 100 Å². The molecule has 26 heavy (non-hydrogen) atoms. The minimum absolute atomic E-state index is 0.00171. The van der Waals surface area contributed by atoms with Crippen LogP contribution in [0.2, 0.25) is 5.02 Å². The van der Waals surface area contributed by atoms with Crippen LogP contribution in [0.1, 0.15) is 18.4 Å². The number of hydrogen-bond donors (Lipinski definition) is 3. The summed E-state index contributed by atoms with van der Waals surface area (Å²) >= 11 is 5.84. The van der Waals surface area contributed by atoms with E-state index in [1.54, 1.807) is 36.4 Å². The van der Waals surface area contributed by atoms with Crippen molar-refractivity contribution >= 4 is 35.3 Å². The highest BCUT2D eigenvalue weighted by molar-refractivity contribution is 6.30. The van der Waals surface area contributed by atoms with E-state index in [0.717, 1.165) is 0 Å². The van der Waals surface area contributed by atoms with E-state index >= 15 is 0 Å². The van der Waals surface area contributed by atoms with Crippen LogP contribution < -0.4 is 15.5 Å². The van der Waals surface area contributed by atoms with Gasteiger partial charge in [0.1, 0.15) is 11.5 Å². The molecule has 0 bridgehead atoms. The molecule has 0 aromatic heterocycles. The molecule has 3 N–H and O–H groups in total. The standard InChI is InChI=1S/C18H18ClN3O4/c1-26-15-5-6-16(23)12(9-15)11-20-22-18(25)8-7-17(24)21-14-4-2-3-13(19)10-14/h2-6,9-11,23H,7-8H2,1H3,(H,21,24)(H,22,25)/b20-11-. The Hall–Kier alpha value is -3.06. The molecule has 0 aliphatic rings. The number of phenols is 1. The molecule has 0 atom stereocenters. The molecule has 0 saturated heterocycles. The Labute approximate surface area is 155 Å². The van der Waals surface area contributed by atoms with Gasteiger partial charge in [-0.2, -0.15) is 5.10 Å². The molecule has 8 heteroatoms. The van der Waals surface area contributed by atoms with Crippen LogP contribution in [0, 0.1) is 0 Å². The van der Waals surface area contributed by atoms with Gasteiger partial charge in [-0.15, -0.1) is 0 Å². The summed E-state index contributed by atoms with van der Waals surface area (Å²) in [5.41, 5.74) is 3.26. The van der Waals surface area contributed by atoms with Crippen LogP contribution in [0.3, 0.4) is 0 Å². The summed E-state index contributed by atoms with van der Waals surface area (Å²) in [5.74, 6) is -0.181. The van der Waals surface area contributed by atoms with E-state index in [1.807, 2.05) is 0 Å². The molecule has 0 aliphatic heterocycles. The number of phenolic OH excluding ortho intramolecular Hbond substituents is 1. The maximum atomic E-state index is 11.8. The molecule has 0 spiro atoms. The van der Waals surface area contributed by atoms with Gasteiger partial charge in [0.05, 0.1) is 13.3 Å². The number of nitrogens with one attached hydrogen (secondary N) is 2. The van der Waals surface area contributed by atoms with Gasteiger partial charge in [0.15, 0.2) is 0 Å². The molecule has 2 rings (SSSR count). The number of rotatable bonds is 7. The van der Waals surface area contributed by atoms with Crippen LogP contribution in [0.5, 0.6) is 11.5 Å². The van der Waals surface area contributed by atoms with E-state index in [1.165, 1.54) is 19.4 Å². The molecule has 0 unspecified atom stereocenters. The molecule has 7 nitrogen and oxygen atoms in total. The fourth-order valence-electron chi connectivity index (χ4n) is 2.01. The first-order valence-electron chi connectivity index (χ1n) is 7.72. The van der Waals surface area contributed by atoms with Gasteiger partial charge in [0, 0.05) is 29.1 Å². The predicted molar refractivity (Wildman–Crippen MR) is 99.7 cm³/mol. The fourth-order valence-corrected chi connectivity index (χ4v) is 2.20. The molecule has 0 radical (unpaired) electrons. The Morgan fingerprint density at radius 3 is 2.69 bits per heavy atom. The molecule has 136 valence electrons. The average Bonchev–Trinajstić information content (AvgIpc) is 2.61. The van der Waals surface area contributed by atoms with E-state index in [-0.39, 0.29) is 24.5 Å². The maximum Gasteiger partial charge on any atom is 0.240 e. The first-order valence-corrected chi connectivity index (χ1v) is 8.10. The minimum Gasteiger partial charge on any atom is -0.507 e. The van der Waals surface area contributed by atoms with Crippen molar-refractivity contribution in [3.63, 3.8) is 0 Å². The number of halogens is 1. The van der Waals surface area contributed by atoms with Crippen LogP contribution in [0.4, 0.5) is 5.69 Å². The summed E-state index contributed by atoms with van der Waals surface area (Å²) in [6.45, 7) is 0. The molecule has 0 heterocycles. The number of ether oxygens (including phenoxy) is 1. The van der Waals surface area contributed by atoms with Crippen LogP contribution in [-0.4, -0.2) is 30.2 Å². The smallest absolute Gasteiger partial charge is 0.240 e. The first kappa shape index (κ1) is 19.3. The number of carbonyl (C=O) groups is 2. The third kappa shape index (κ3) is 6.10. The summed E-state index contributed by atoms with van der Waals surface area (Å²) < 4.78 is 5.05. The Bertz CT molecular complexity index is 824. The lowest BCUT2D eigenvalue weighted by atomic mass is 10.2. The van der Waals surface area contributed by atoms with Crippen molar-refractivity contribution in [2.75, 3.05) is 12.4 Å². The molecule has 2 aromatic carbocycles. The lowest BCUT2D eigenvalue weighted by Crippen LogP contribution is -2.20. The van der Waals surface area contributed by atoms with Crippen molar-refractivity contribution in [1.82, 2.24) is 5.43 Å².